The maximum Gasteiger partial charge on any atom is 0.0811 e. The molecule has 30 heavy (non-hydrogen) atoms. The predicted octanol–water partition coefficient (Wildman–Crippen LogP) is 5.27. The highest BCUT2D eigenvalue weighted by Gasteiger charge is 2.50. The van der Waals surface area contributed by atoms with E-state index in [4.69, 9.17) is 0 Å². The first-order valence-electron chi connectivity index (χ1n) is 11.8. The van der Waals surface area contributed by atoms with Crippen LogP contribution in [-0.2, 0) is 0 Å². The summed E-state index contributed by atoms with van der Waals surface area (Å²) in [6.45, 7) is 12.8. The van der Waals surface area contributed by atoms with E-state index in [1.54, 1.807) is 5.57 Å². The number of hydrogen-bond acceptors (Lipinski definition) is 4. The van der Waals surface area contributed by atoms with Gasteiger partial charge in [-0.15, -0.1) is 0 Å². The van der Waals surface area contributed by atoms with Crippen LogP contribution in [0.3, 0.4) is 0 Å². The average Bonchev–Trinajstić information content (AvgIpc) is 3.00. The van der Waals surface area contributed by atoms with E-state index in [9.17, 15) is 15.3 Å². The molecule has 0 heterocycles. The first kappa shape index (κ1) is 24.1. The van der Waals surface area contributed by atoms with E-state index in [1.807, 2.05) is 25.6 Å². The van der Waals surface area contributed by atoms with Crippen molar-refractivity contribution in [3.8, 4) is 0 Å². The molecular formula is C26H42O3S. The van der Waals surface area contributed by atoms with Crippen LogP contribution < -0.4 is 0 Å². The van der Waals surface area contributed by atoms with Crippen LogP contribution in [0.25, 0.3) is 0 Å². The third kappa shape index (κ3) is 5.43. The molecule has 0 spiro atoms. The van der Waals surface area contributed by atoms with E-state index in [1.165, 1.54) is 25.7 Å². The topological polar surface area (TPSA) is 60.7 Å². The Morgan fingerprint density at radius 1 is 1.27 bits per heavy atom. The molecule has 0 radical (unpaired) electrons. The lowest BCUT2D eigenvalue weighted by atomic mass is 9.61. The highest BCUT2D eigenvalue weighted by molar-refractivity contribution is 7.99. The van der Waals surface area contributed by atoms with Crippen molar-refractivity contribution in [3.63, 3.8) is 0 Å². The minimum absolute atomic E-state index is 0.361. The van der Waals surface area contributed by atoms with Crippen LogP contribution in [0.2, 0.25) is 0 Å². The monoisotopic (exact) mass is 434 g/mol. The van der Waals surface area contributed by atoms with Gasteiger partial charge >= 0.3 is 0 Å². The zero-order chi connectivity index (χ0) is 22.1. The predicted molar refractivity (Wildman–Crippen MR) is 128 cm³/mol. The maximum absolute atomic E-state index is 10.1. The Labute approximate surface area is 187 Å². The molecule has 3 aliphatic carbocycles. The number of fused-ring (bicyclic) bond motifs is 1. The summed E-state index contributed by atoms with van der Waals surface area (Å²) in [5.41, 5.74) is 3.10. The van der Waals surface area contributed by atoms with E-state index in [-0.39, 0.29) is 0 Å². The Kier molecular flexibility index (Phi) is 7.65. The Morgan fingerprint density at radius 2 is 2.00 bits per heavy atom. The molecule has 0 aliphatic heterocycles. The van der Waals surface area contributed by atoms with Gasteiger partial charge in [0.05, 0.1) is 17.8 Å². The molecule has 3 N–H and O–H groups in total. The second-order valence-electron chi connectivity index (χ2n) is 11.0. The van der Waals surface area contributed by atoms with Crippen molar-refractivity contribution in [2.24, 2.45) is 23.2 Å². The van der Waals surface area contributed by atoms with Crippen molar-refractivity contribution < 1.29 is 15.3 Å². The largest absolute Gasteiger partial charge is 0.393 e. The van der Waals surface area contributed by atoms with Crippen molar-refractivity contribution >= 4 is 11.8 Å². The summed E-state index contributed by atoms with van der Waals surface area (Å²) in [5.74, 6) is 3.96. The van der Waals surface area contributed by atoms with E-state index >= 15 is 0 Å². The van der Waals surface area contributed by atoms with Crippen molar-refractivity contribution in [1.82, 2.24) is 0 Å². The lowest BCUT2D eigenvalue weighted by Crippen LogP contribution is -2.36. The molecule has 3 nitrogen and oxygen atoms in total. The lowest BCUT2D eigenvalue weighted by Gasteiger charge is -2.44. The minimum Gasteiger partial charge on any atom is -0.393 e. The van der Waals surface area contributed by atoms with Crippen LogP contribution in [0.1, 0.15) is 72.6 Å². The fourth-order valence-corrected chi connectivity index (χ4v) is 7.51. The van der Waals surface area contributed by atoms with Crippen LogP contribution in [0.5, 0.6) is 0 Å². The second kappa shape index (κ2) is 9.52. The lowest BCUT2D eigenvalue weighted by molar-refractivity contribution is 0.0861. The Bertz CT molecular complexity index is 689. The smallest absolute Gasteiger partial charge is 0.0811 e. The average molecular weight is 435 g/mol. The first-order chi connectivity index (χ1) is 14.0. The highest BCUT2D eigenvalue weighted by Crippen LogP contribution is 2.59. The van der Waals surface area contributed by atoms with Gasteiger partial charge in [-0.25, -0.2) is 0 Å². The molecular weight excluding hydrogens is 392 g/mol. The Hall–Kier alpha value is -0.550. The number of rotatable bonds is 6. The van der Waals surface area contributed by atoms with Crippen molar-refractivity contribution in [1.29, 1.82) is 0 Å². The molecule has 4 heteroatoms. The van der Waals surface area contributed by atoms with Gasteiger partial charge in [-0.1, -0.05) is 38.2 Å². The summed E-state index contributed by atoms with van der Waals surface area (Å²) in [6.07, 6.45) is 10.6. The van der Waals surface area contributed by atoms with Gasteiger partial charge in [0.15, 0.2) is 0 Å². The Balaban J connectivity index is 1.70. The molecule has 3 aliphatic rings. The minimum atomic E-state index is -0.617. The van der Waals surface area contributed by atoms with Crippen LogP contribution in [0.4, 0.5) is 0 Å². The number of thioether (sulfide) groups is 1. The Morgan fingerprint density at radius 3 is 2.70 bits per heavy atom. The van der Waals surface area contributed by atoms with Crippen LogP contribution in [0.15, 0.2) is 35.5 Å². The third-order valence-electron chi connectivity index (χ3n) is 7.83. The molecule has 3 saturated carbocycles. The molecule has 1 unspecified atom stereocenters. The SMILES string of the molecule is C=C1/C(=C\C=C2/CCC[C@@]3(C)C2CC[C@@H]3[C@H](C)CSCC(C)(C)O)C[C@@H](O)C[C@H]1O. The van der Waals surface area contributed by atoms with Crippen LogP contribution in [-0.4, -0.2) is 44.6 Å². The zero-order valence-electron chi connectivity index (χ0n) is 19.4. The van der Waals surface area contributed by atoms with E-state index in [2.05, 4.69) is 32.6 Å². The van der Waals surface area contributed by atoms with Gasteiger partial charge in [-0.3, -0.25) is 0 Å². The number of aliphatic hydroxyl groups excluding tert-OH is 2. The number of hydrogen-bond donors (Lipinski definition) is 3. The molecule has 0 aromatic rings. The number of aliphatic hydroxyl groups is 3. The van der Waals surface area contributed by atoms with Crippen molar-refractivity contribution in [2.75, 3.05) is 11.5 Å². The standard InChI is InChI=1S/C26H42O3S/c1-17(15-30-16-25(3,4)29)22-10-11-23-19(7-6-12-26(22,23)5)8-9-20-13-21(27)14-24(28)18(20)2/h8-9,17,21-24,27-29H,2,6-7,10-16H2,1,3-5H3/b19-8+,20-9-/t17-,21-,22-,23?,24-,26-/m1/s1. The van der Waals surface area contributed by atoms with Gasteiger partial charge in [0.1, 0.15) is 0 Å². The summed E-state index contributed by atoms with van der Waals surface area (Å²) >= 11 is 1.89. The van der Waals surface area contributed by atoms with Gasteiger partial charge in [0.25, 0.3) is 0 Å². The summed E-state index contributed by atoms with van der Waals surface area (Å²) < 4.78 is 0. The molecule has 3 fully saturated rings. The fourth-order valence-electron chi connectivity index (χ4n) is 6.29. The molecule has 6 atom stereocenters. The van der Waals surface area contributed by atoms with E-state index < -0.39 is 17.8 Å². The van der Waals surface area contributed by atoms with Crippen molar-refractivity contribution in [3.05, 3.63) is 35.5 Å². The summed E-state index contributed by atoms with van der Waals surface area (Å²) in [6, 6.07) is 0. The summed E-state index contributed by atoms with van der Waals surface area (Å²) in [5, 5.41) is 30.2. The van der Waals surface area contributed by atoms with Gasteiger partial charge in [0, 0.05) is 12.2 Å². The molecule has 0 aromatic carbocycles. The van der Waals surface area contributed by atoms with Gasteiger partial charge in [-0.05, 0) is 92.4 Å². The molecule has 3 rings (SSSR count). The second-order valence-corrected chi connectivity index (χ2v) is 12.0. The maximum atomic E-state index is 10.1. The van der Waals surface area contributed by atoms with E-state index in [0.29, 0.717) is 30.1 Å². The van der Waals surface area contributed by atoms with Crippen molar-refractivity contribution in [2.45, 2.75) is 90.4 Å². The highest BCUT2D eigenvalue weighted by atomic mass is 32.2. The quantitative estimate of drug-likeness (QED) is 0.533. The first-order valence-corrected chi connectivity index (χ1v) is 12.9. The molecule has 170 valence electrons. The van der Waals surface area contributed by atoms with Crippen LogP contribution >= 0.6 is 11.8 Å². The molecule has 0 saturated heterocycles. The summed E-state index contributed by atoms with van der Waals surface area (Å²) in [4.78, 5) is 0. The summed E-state index contributed by atoms with van der Waals surface area (Å²) in [7, 11) is 0. The third-order valence-corrected chi connectivity index (χ3v) is 9.50. The van der Waals surface area contributed by atoms with E-state index in [0.717, 1.165) is 35.0 Å². The van der Waals surface area contributed by atoms with Gasteiger partial charge in [-0.2, -0.15) is 11.8 Å². The van der Waals surface area contributed by atoms with Crippen LogP contribution in [0, 0.1) is 23.2 Å². The molecule has 0 amide bonds. The van der Waals surface area contributed by atoms with Gasteiger partial charge < -0.3 is 15.3 Å². The normalized spacial score (nSPS) is 38.8. The molecule has 0 bridgehead atoms. The number of allylic oxidation sites excluding steroid dienone is 3. The molecule has 0 aromatic heterocycles. The zero-order valence-corrected chi connectivity index (χ0v) is 20.2. The van der Waals surface area contributed by atoms with Gasteiger partial charge in [0.2, 0.25) is 0 Å². The fraction of sp³-hybridized carbons (Fsp3) is 0.769.